The Morgan fingerprint density at radius 1 is 1.50 bits per heavy atom. The standard InChI is InChI=1S/C14H18N4O4/c1-3-16-8-11(6-15)13(20)18(14(16)21)9-12(19)17-4-5-22-10(2)7-17/h8,10H,3-5,7,9H2,1-2H3. The Labute approximate surface area is 127 Å². The number of nitrogens with zero attached hydrogens (tertiary/aromatic N) is 4. The van der Waals surface area contributed by atoms with Crippen LogP contribution >= 0.6 is 0 Å². The summed E-state index contributed by atoms with van der Waals surface area (Å²) in [7, 11) is 0. The predicted octanol–water partition coefficient (Wildman–Crippen LogP) is -0.851. The first-order valence-corrected chi connectivity index (χ1v) is 7.11. The maximum absolute atomic E-state index is 12.3. The molecule has 1 saturated heterocycles. The molecule has 0 radical (unpaired) electrons. The predicted molar refractivity (Wildman–Crippen MR) is 77.3 cm³/mol. The Morgan fingerprint density at radius 3 is 2.82 bits per heavy atom. The van der Waals surface area contributed by atoms with Gasteiger partial charge < -0.3 is 9.64 Å². The second kappa shape index (κ2) is 6.58. The molecule has 118 valence electrons. The molecule has 8 heteroatoms. The average molecular weight is 306 g/mol. The van der Waals surface area contributed by atoms with Gasteiger partial charge in [-0.3, -0.25) is 14.2 Å². The summed E-state index contributed by atoms with van der Waals surface area (Å²) in [5.41, 5.74) is -1.46. The molecule has 1 fully saturated rings. The van der Waals surface area contributed by atoms with E-state index >= 15 is 0 Å². The molecular weight excluding hydrogens is 288 g/mol. The number of morpholine rings is 1. The van der Waals surface area contributed by atoms with Crippen LogP contribution in [0.1, 0.15) is 19.4 Å². The van der Waals surface area contributed by atoms with Crippen LogP contribution in [0.15, 0.2) is 15.8 Å². The number of carbonyl (C=O) groups excluding carboxylic acids is 1. The van der Waals surface area contributed by atoms with E-state index in [4.69, 9.17) is 10.00 Å². The molecule has 1 aliphatic rings. The number of hydrogen-bond donors (Lipinski definition) is 0. The van der Waals surface area contributed by atoms with Crippen LogP contribution < -0.4 is 11.2 Å². The lowest BCUT2D eigenvalue weighted by Crippen LogP contribution is -2.49. The molecule has 0 saturated carbocycles. The molecule has 0 bridgehead atoms. The number of nitriles is 1. The molecule has 2 heterocycles. The largest absolute Gasteiger partial charge is 0.375 e. The van der Waals surface area contributed by atoms with Crippen molar-refractivity contribution in [3.05, 3.63) is 32.6 Å². The Hall–Kier alpha value is -2.40. The minimum Gasteiger partial charge on any atom is -0.375 e. The van der Waals surface area contributed by atoms with Crippen LogP contribution in [-0.4, -0.2) is 45.7 Å². The Morgan fingerprint density at radius 2 is 2.23 bits per heavy atom. The van der Waals surface area contributed by atoms with Crippen molar-refractivity contribution in [2.45, 2.75) is 33.0 Å². The van der Waals surface area contributed by atoms with Crippen LogP contribution in [0.25, 0.3) is 0 Å². The van der Waals surface area contributed by atoms with Gasteiger partial charge in [-0.2, -0.15) is 5.26 Å². The van der Waals surface area contributed by atoms with Gasteiger partial charge in [0.15, 0.2) is 0 Å². The van der Waals surface area contributed by atoms with Crippen molar-refractivity contribution in [2.75, 3.05) is 19.7 Å². The van der Waals surface area contributed by atoms with Gasteiger partial charge in [0.05, 0.1) is 12.7 Å². The van der Waals surface area contributed by atoms with E-state index in [0.717, 1.165) is 4.57 Å². The lowest BCUT2D eigenvalue weighted by Gasteiger charge is -2.31. The molecular formula is C14H18N4O4. The fourth-order valence-electron chi connectivity index (χ4n) is 2.38. The molecule has 1 aromatic rings. The number of carbonyl (C=O) groups is 1. The highest BCUT2D eigenvalue weighted by atomic mass is 16.5. The highest BCUT2D eigenvalue weighted by Crippen LogP contribution is 2.05. The normalized spacial score (nSPS) is 18.0. The van der Waals surface area contributed by atoms with Gasteiger partial charge >= 0.3 is 5.69 Å². The minimum atomic E-state index is -0.730. The Balaban J connectivity index is 2.33. The van der Waals surface area contributed by atoms with E-state index in [0.29, 0.717) is 26.2 Å². The van der Waals surface area contributed by atoms with E-state index in [9.17, 15) is 14.4 Å². The molecule has 1 aliphatic heterocycles. The van der Waals surface area contributed by atoms with Crippen molar-refractivity contribution in [1.82, 2.24) is 14.0 Å². The first kappa shape index (κ1) is 16.0. The second-order valence-electron chi connectivity index (χ2n) is 5.14. The van der Waals surface area contributed by atoms with E-state index in [1.54, 1.807) is 17.9 Å². The molecule has 0 N–H and O–H groups in total. The van der Waals surface area contributed by atoms with Gasteiger partial charge in [0.1, 0.15) is 18.2 Å². The molecule has 0 spiro atoms. The average Bonchev–Trinajstić information content (AvgIpc) is 2.51. The van der Waals surface area contributed by atoms with Gasteiger partial charge in [-0.05, 0) is 13.8 Å². The van der Waals surface area contributed by atoms with Crippen LogP contribution in [0.5, 0.6) is 0 Å². The zero-order chi connectivity index (χ0) is 16.3. The molecule has 1 unspecified atom stereocenters. The number of aryl methyl sites for hydroxylation is 1. The zero-order valence-electron chi connectivity index (χ0n) is 12.6. The van der Waals surface area contributed by atoms with Crippen molar-refractivity contribution in [2.24, 2.45) is 0 Å². The SMILES string of the molecule is CCn1cc(C#N)c(=O)n(CC(=O)N2CCOC(C)C2)c1=O. The summed E-state index contributed by atoms with van der Waals surface area (Å²) >= 11 is 0. The van der Waals surface area contributed by atoms with Crippen LogP contribution in [-0.2, 0) is 22.6 Å². The Kier molecular flexibility index (Phi) is 4.78. The summed E-state index contributed by atoms with van der Waals surface area (Å²) in [6, 6.07) is 1.76. The molecule has 1 atom stereocenters. The quantitative estimate of drug-likeness (QED) is 0.724. The number of aromatic nitrogens is 2. The van der Waals surface area contributed by atoms with Crippen LogP contribution in [0, 0.1) is 11.3 Å². The maximum Gasteiger partial charge on any atom is 0.331 e. The monoisotopic (exact) mass is 306 g/mol. The van der Waals surface area contributed by atoms with Crippen molar-refractivity contribution >= 4 is 5.91 Å². The maximum atomic E-state index is 12.3. The smallest absolute Gasteiger partial charge is 0.331 e. The summed E-state index contributed by atoms with van der Waals surface area (Å²) in [5.74, 6) is -0.327. The summed E-state index contributed by atoms with van der Waals surface area (Å²) < 4.78 is 7.43. The number of amides is 1. The number of hydrogen-bond acceptors (Lipinski definition) is 5. The molecule has 8 nitrogen and oxygen atoms in total. The third-order valence-electron chi connectivity index (χ3n) is 3.59. The third kappa shape index (κ3) is 3.09. The molecule has 0 aliphatic carbocycles. The summed E-state index contributed by atoms with van der Waals surface area (Å²) in [4.78, 5) is 38.2. The highest BCUT2D eigenvalue weighted by Gasteiger charge is 2.23. The fourth-order valence-corrected chi connectivity index (χ4v) is 2.38. The van der Waals surface area contributed by atoms with Gasteiger partial charge in [-0.1, -0.05) is 0 Å². The van der Waals surface area contributed by atoms with Crippen LogP contribution in [0.3, 0.4) is 0 Å². The first-order valence-electron chi connectivity index (χ1n) is 7.11. The third-order valence-corrected chi connectivity index (χ3v) is 3.59. The summed E-state index contributed by atoms with van der Waals surface area (Å²) in [6.45, 7) is 4.82. The van der Waals surface area contributed by atoms with E-state index < -0.39 is 11.2 Å². The van der Waals surface area contributed by atoms with Crippen molar-refractivity contribution in [3.8, 4) is 6.07 Å². The number of rotatable bonds is 3. The minimum absolute atomic E-state index is 0.0767. The molecule has 1 aromatic heterocycles. The van der Waals surface area contributed by atoms with E-state index in [-0.39, 0.29) is 24.1 Å². The van der Waals surface area contributed by atoms with Crippen molar-refractivity contribution in [1.29, 1.82) is 5.26 Å². The first-order chi connectivity index (χ1) is 10.5. The van der Waals surface area contributed by atoms with Crippen molar-refractivity contribution < 1.29 is 9.53 Å². The lowest BCUT2D eigenvalue weighted by molar-refractivity contribution is -0.138. The fraction of sp³-hybridized carbons (Fsp3) is 0.571. The van der Waals surface area contributed by atoms with Crippen LogP contribution in [0.4, 0.5) is 0 Å². The van der Waals surface area contributed by atoms with E-state index in [1.165, 1.54) is 10.8 Å². The van der Waals surface area contributed by atoms with Crippen LogP contribution in [0.2, 0.25) is 0 Å². The van der Waals surface area contributed by atoms with Gasteiger partial charge in [0.2, 0.25) is 5.91 Å². The molecule has 2 rings (SSSR count). The second-order valence-corrected chi connectivity index (χ2v) is 5.14. The topological polar surface area (TPSA) is 97.3 Å². The summed E-state index contributed by atoms with van der Waals surface area (Å²) in [5, 5.41) is 8.98. The van der Waals surface area contributed by atoms with Crippen molar-refractivity contribution in [3.63, 3.8) is 0 Å². The van der Waals surface area contributed by atoms with Gasteiger partial charge in [-0.25, -0.2) is 9.36 Å². The van der Waals surface area contributed by atoms with Gasteiger partial charge in [0, 0.05) is 25.8 Å². The Bertz CT molecular complexity index is 728. The van der Waals surface area contributed by atoms with Gasteiger partial charge in [-0.15, -0.1) is 0 Å². The number of ether oxygens (including phenoxy) is 1. The molecule has 0 aromatic carbocycles. The van der Waals surface area contributed by atoms with E-state index in [1.807, 2.05) is 6.92 Å². The molecule has 1 amide bonds. The highest BCUT2D eigenvalue weighted by molar-refractivity contribution is 5.76. The van der Waals surface area contributed by atoms with E-state index in [2.05, 4.69) is 0 Å². The lowest BCUT2D eigenvalue weighted by atomic mass is 10.3. The van der Waals surface area contributed by atoms with Gasteiger partial charge in [0.25, 0.3) is 5.56 Å². The molecule has 22 heavy (non-hydrogen) atoms. The summed E-state index contributed by atoms with van der Waals surface area (Å²) in [6.07, 6.45) is 1.15. The zero-order valence-corrected chi connectivity index (χ0v) is 12.6.